The third kappa shape index (κ3) is 3.14. The fourth-order valence-corrected chi connectivity index (χ4v) is 3.41. The number of hydrogen-bond donors (Lipinski definition) is 1. The molecule has 1 N–H and O–H groups in total. The Morgan fingerprint density at radius 2 is 2.00 bits per heavy atom. The average molecular weight is 325 g/mol. The zero-order valence-electron chi connectivity index (χ0n) is 12.5. The zero-order valence-corrected chi connectivity index (χ0v) is 13.3. The Kier molecular flexibility index (Phi) is 4.48. The van der Waals surface area contributed by atoms with E-state index in [0.29, 0.717) is 16.8 Å². The molecule has 0 bridgehead atoms. The van der Waals surface area contributed by atoms with Gasteiger partial charge < -0.3 is 9.84 Å². The van der Waals surface area contributed by atoms with Crippen molar-refractivity contribution in [2.45, 2.75) is 10.6 Å². The van der Waals surface area contributed by atoms with E-state index in [1.54, 1.807) is 30.1 Å². The summed E-state index contributed by atoms with van der Waals surface area (Å²) in [6.07, 6.45) is 1.66. The minimum absolute atomic E-state index is 0.171. The smallest absolute Gasteiger partial charge is 0.338 e. The molecule has 0 atom stereocenters. The van der Waals surface area contributed by atoms with E-state index in [1.165, 1.54) is 7.11 Å². The standard InChI is InChI=1S/C18H15NO3S/c1-22-18(21)14-5-2-3-7-16(14)23-11-12-8-9-15(20)17-13(12)6-4-10-19-17/h2-10,20H,11H2,1H3. The lowest BCUT2D eigenvalue weighted by Gasteiger charge is -2.09. The van der Waals surface area contributed by atoms with Crippen molar-refractivity contribution in [2.24, 2.45) is 0 Å². The molecule has 3 rings (SSSR count). The van der Waals surface area contributed by atoms with Crippen LogP contribution in [0, 0.1) is 0 Å². The lowest BCUT2D eigenvalue weighted by Crippen LogP contribution is -2.02. The molecule has 4 nitrogen and oxygen atoms in total. The predicted molar refractivity (Wildman–Crippen MR) is 90.8 cm³/mol. The Morgan fingerprint density at radius 1 is 1.17 bits per heavy atom. The van der Waals surface area contributed by atoms with Gasteiger partial charge in [-0.2, -0.15) is 0 Å². The molecule has 3 aromatic rings. The summed E-state index contributed by atoms with van der Waals surface area (Å²) in [6.45, 7) is 0. The predicted octanol–water partition coefficient (Wildman–Crippen LogP) is 4.02. The number of phenols is 1. The minimum atomic E-state index is -0.342. The second-order valence-corrected chi connectivity index (χ2v) is 5.94. The van der Waals surface area contributed by atoms with Gasteiger partial charge >= 0.3 is 5.97 Å². The molecule has 0 amide bonds. The lowest BCUT2D eigenvalue weighted by molar-refractivity contribution is 0.0597. The van der Waals surface area contributed by atoms with Crippen LogP contribution in [0.15, 0.2) is 59.6 Å². The van der Waals surface area contributed by atoms with Crippen LogP contribution in [0.25, 0.3) is 10.9 Å². The maximum absolute atomic E-state index is 11.8. The number of esters is 1. The first-order valence-corrected chi connectivity index (χ1v) is 8.05. The van der Waals surface area contributed by atoms with E-state index in [0.717, 1.165) is 15.8 Å². The molecule has 0 saturated carbocycles. The van der Waals surface area contributed by atoms with E-state index < -0.39 is 0 Å². The van der Waals surface area contributed by atoms with Gasteiger partial charge in [-0.1, -0.05) is 24.3 Å². The van der Waals surface area contributed by atoms with Gasteiger partial charge in [-0.25, -0.2) is 4.79 Å². The second-order valence-electron chi connectivity index (χ2n) is 4.92. The summed E-state index contributed by atoms with van der Waals surface area (Å²) < 4.78 is 4.82. The van der Waals surface area contributed by atoms with Crippen LogP contribution >= 0.6 is 11.8 Å². The molecule has 5 heteroatoms. The summed E-state index contributed by atoms with van der Waals surface area (Å²) in [5, 5.41) is 10.8. The zero-order chi connectivity index (χ0) is 16.2. The summed E-state index contributed by atoms with van der Waals surface area (Å²) in [7, 11) is 1.38. The molecule has 0 fully saturated rings. The maximum Gasteiger partial charge on any atom is 0.338 e. The summed E-state index contributed by atoms with van der Waals surface area (Å²) >= 11 is 1.55. The average Bonchev–Trinajstić information content (AvgIpc) is 2.61. The molecule has 0 aliphatic heterocycles. The Morgan fingerprint density at radius 3 is 2.83 bits per heavy atom. The van der Waals surface area contributed by atoms with Gasteiger partial charge in [0.1, 0.15) is 11.3 Å². The molecular formula is C18H15NO3S. The Bertz CT molecular complexity index is 864. The van der Waals surface area contributed by atoms with Gasteiger partial charge in [0.2, 0.25) is 0 Å². The second kappa shape index (κ2) is 6.71. The fraction of sp³-hybridized carbons (Fsp3) is 0.111. The molecule has 23 heavy (non-hydrogen) atoms. The third-order valence-electron chi connectivity index (χ3n) is 3.51. The fourth-order valence-electron chi connectivity index (χ4n) is 2.37. The molecule has 1 aromatic heterocycles. The highest BCUT2D eigenvalue weighted by Gasteiger charge is 2.12. The number of hydrogen-bond acceptors (Lipinski definition) is 5. The molecule has 0 radical (unpaired) electrons. The topological polar surface area (TPSA) is 59.4 Å². The molecule has 0 saturated heterocycles. The molecule has 0 aliphatic carbocycles. The van der Waals surface area contributed by atoms with Gasteiger partial charge in [-0.05, 0) is 29.8 Å². The number of rotatable bonds is 4. The van der Waals surface area contributed by atoms with Gasteiger partial charge in [0.15, 0.2) is 0 Å². The number of carbonyl (C=O) groups excluding carboxylic acids is 1. The van der Waals surface area contributed by atoms with Crippen molar-refractivity contribution in [3.63, 3.8) is 0 Å². The number of fused-ring (bicyclic) bond motifs is 1. The third-order valence-corrected chi connectivity index (χ3v) is 4.64. The number of pyridine rings is 1. The number of ether oxygens (including phenoxy) is 1. The number of benzene rings is 2. The molecule has 1 heterocycles. The van der Waals surface area contributed by atoms with E-state index in [4.69, 9.17) is 4.74 Å². The molecule has 0 spiro atoms. The molecule has 0 aliphatic rings. The van der Waals surface area contributed by atoms with Crippen molar-refractivity contribution in [3.8, 4) is 5.75 Å². The number of phenolic OH excluding ortho intramolecular Hbond substituents is 1. The number of nitrogens with zero attached hydrogens (tertiary/aromatic N) is 1. The van der Waals surface area contributed by atoms with Crippen LogP contribution < -0.4 is 0 Å². The van der Waals surface area contributed by atoms with Crippen LogP contribution in [0.3, 0.4) is 0 Å². The Hall–Kier alpha value is -2.53. The highest BCUT2D eigenvalue weighted by atomic mass is 32.2. The maximum atomic E-state index is 11.8. The summed E-state index contributed by atoms with van der Waals surface area (Å²) in [5.74, 6) is 0.492. The Balaban J connectivity index is 1.91. The normalized spacial score (nSPS) is 10.7. The molecular weight excluding hydrogens is 310 g/mol. The quantitative estimate of drug-likeness (QED) is 0.580. The molecule has 0 unspecified atom stereocenters. The van der Waals surface area contributed by atoms with Crippen molar-refractivity contribution >= 4 is 28.6 Å². The van der Waals surface area contributed by atoms with E-state index in [2.05, 4.69) is 4.98 Å². The van der Waals surface area contributed by atoms with Crippen LogP contribution in [0.1, 0.15) is 15.9 Å². The Labute approximate surface area is 138 Å². The van der Waals surface area contributed by atoms with Crippen LogP contribution in [-0.4, -0.2) is 23.2 Å². The lowest BCUT2D eigenvalue weighted by atomic mass is 10.1. The van der Waals surface area contributed by atoms with Crippen molar-refractivity contribution in [2.75, 3.05) is 7.11 Å². The number of aromatic hydroxyl groups is 1. The molecule has 116 valence electrons. The number of methoxy groups -OCH3 is 1. The van der Waals surface area contributed by atoms with Gasteiger partial charge in [0.05, 0.1) is 12.7 Å². The van der Waals surface area contributed by atoms with Crippen LogP contribution in [-0.2, 0) is 10.5 Å². The van der Waals surface area contributed by atoms with Gasteiger partial charge in [-0.15, -0.1) is 11.8 Å². The van der Waals surface area contributed by atoms with Crippen LogP contribution in [0.5, 0.6) is 5.75 Å². The SMILES string of the molecule is COC(=O)c1ccccc1SCc1ccc(O)c2ncccc12. The molecule has 2 aromatic carbocycles. The van der Waals surface area contributed by atoms with Gasteiger partial charge in [0, 0.05) is 22.2 Å². The van der Waals surface area contributed by atoms with Crippen LogP contribution in [0.4, 0.5) is 0 Å². The van der Waals surface area contributed by atoms with Gasteiger partial charge in [0.25, 0.3) is 0 Å². The largest absolute Gasteiger partial charge is 0.506 e. The summed E-state index contributed by atoms with van der Waals surface area (Å²) in [4.78, 5) is 16.9. The van der Waals surface area contributed by atoms with E-state index in [1.807, 2.05) is 36.4 Å². The highest BCUT2D eigenvalue weighted by Crippen LogP contribution is 2.32. The van der Waals surface area contributed by atoms with E-state index in [-0.39, 0.29) is 11.7 Å². The van der Waals surface area contributed by atoms with E-state index in [9.17, 15) is 9.90 Å². The first-order chi connectivity index (χ1) is 11.2. The number of aromatic nitrogens is 1. The van der Waals surface area contributed by atoms with Crippen molar-refractivity contribution in [1.29, 1.82) is 0 Å². The van der Waals surface area contributed by atoms with Crippen molar-refractivity contribution in [1.82, 2.24) is 4.98 Å². The van der Waals surface area contributed by atoms with Crippen molar-refractivity contribution in [3.05, 3.63) is 65.9 Å². The summed E-state index contributed by atoms with van der Waals surface area (Å²) in [5.41, 5.74) is 2.20. The monoisotopic (exact) mass is 325 g/mol. The highest BCUT2D eigenvalue weighted by molar-refractivity contribution is 7.98. The summed E-state index contributed by atoms with van der Waals surface area (Å²) in [6, 6.07) is 14.7. The first-order valence-electron chi connectivity index (χ1n) is 7.06. The van der Waals surface area contributed by atoms with E-state index >= 15 is 0 Å². The van der Waals surface area contributed by atoms with Crippen LogP contribution in [0.2, 0.25) is 0 Å². The minimum Gasteiger partial charge on any atom is -0.506 e. The van der Waals surface area contributed by atoms with Gasteiger partial charge in [-0.3, -0.25) is 4.98 Å². The number of carbonyl (C=O) groups is 1. The van der Waals surface area contributed by atoms with Crippen molar-refractivity contribution < 1.29 is 14.6 Å². The first kappa shape index (κ1) is 15.4. The number of thioether (sulfide) groups is 1.